The standard InChI is InChI=1S/C25H31N5O2/c1-17(32)30-10-9-29(15-25(30,4)5)20-8-6-7-18(11-20)21-14-27-23-22(28-21)19(13-26-23)12-24(2,3)16-31/h6-8,11,13-14,16H,9-10,12,15H2,1-5H3,(H,26,27). The Morgan fingerprint density at radius 3 is 2.75 bits per heavy atom. The van der Waals surface area contributed by atoms with Gasteiger partial charge in [-0.15, -0.1) is 0 Å². The number of aromatic amines is 1. The van der Waals surface area contributed by atoms with Crippen molar-refractivity contribution in [1.82, 2.24) is 19.9 Å². The number of hydrogen-bond acceptors (Lipinski definition) is 5. The van der Waals surface area contributed by atoms with Crippen LogP contribution in [-0.4, -0.2) is 57.2 Å². The monoisotopic (exact) mass is 433 g/mol. The van der Waals surface area contributed by atoms with Gasteiger partial charge in [-0.2, -0.15) is 0 Å². The third-order valence-corrected chi connectivity index (χ3v) is 6.21. The average molecular weight is 434 g/mol. The number of piperazine rings is 1. The van der Waals surface area contributed by atoms with E-state index in [4.69, 9.17) is 4.98 Å². The summed E-state index contributed by atoms with van der Waals surface area (Å²) in [5.41, 5.74) is 4.73. The van der Waals surface area contributed by atoms with E-state index in [0.29, 0.717) is 13.0 Å². The van der Waals surface area contributed by atoms with Gasteiger partial charge in [-0.1, -0.05) is 26.0 Å². The first-order valence-corrected chi connectivity index (χ1v) is 11.0. The third-order valence-electron chi connectivity index (χ3n) is 6.21. The zero-order valence-corrected chi connectivity index (χ0v) is 19.5. The number of anilines is 1. The molecule has 4 rings (SSSR count). The molecule has 0 atom stereocenters. The smallest absolute Gasteiger partial charge is 0.220 e. The molecule has 1 fully saturated rings. The van der Waals surface area contributed by atoms with Crippen molar-refractivity contribution < 1.29 is 9.59 Å². The van der Waals surface area contributed by atoms with Gasteiger partial charge in [0.1, 0.15) is 11.8 Å². The van der Waals surface area contributed by atoms with Crippen LogP contribution >= 0.6 is 0 Å². The summed E-state index contributed by atoms with van der Waals surface area (Å²) < 4.78 is 0. The van der Waals surface area contributed by atoms with Gasteiger partial charge in [-0.05, 0) is 38.0 Å². The molecule has 3 heterocycles. The van der Waals surface area contributed by atoms with E-state index in [1.165, 1.54) is 0 Å². The number of carbonyl (C=O) groups excluding carboxylic acids is 2. The summed E-state index contributed by atoms with van der Waals surface area (Å²) in [4.78, 5) is 40.3. The SMILES string of the molecule is CC(=O)N1CCN(c2cccc(-c3cnc4[nH]cc(CC(C)(C)C=O)c4n3)c2)CC1(C)C. The Bertz CT molecular complexity index is 1160. The van der Waals surface area contributed by atoms with Gasteiger partial charge >= 0.3 is 0 Å². The van der Waals surface area contributed by atoms with Crippen LogP contribution in [0.1, 0.15) is 40.2 Å². The Hall–Kier alpha value is -3.22. The molecule has 2 aromatic heterocycles. The number of H-pyrrole nitrogens is 1. The minimum atomic E-state index is -0.457. The van der Waals surface area contributed by atoms with Crippen LogP contribution in [0.2, 0.25) is 0 Å². The zero-order valence-electron chi connectivity index (χ0n) is 19.5. The minimum absolute atomic E-state index is 0.118. The van der Waals surface area contributed by atoms with Crippen LogP contribution in [0.25, 0.3) is 22.4 Å². The Morgan fingerprint density at radius 2 is 2.06 bits per heavy atom. The largest absolute Gasteiger partial charge is 0.367 e. The molecule has 0 radical (unpaired) electrons. The number of fused-ring (bicyclic) bond motifs is 1. The Balaban J connectivity index is 1.64. The molecule has 7 nitrogen and oxygen atoms in total. The topological polar surface area (TPSA) is 82.2 Å². The molecule has 0 bridgehead atoms. The second kappa shape index (κ2) is 8.04. The lowest BCUT2D eigenvalue weighted by Crippen LogP contribution is -2.60. The fourth-order valence-electron chi connectivity index (χ4n) is 4.57. The first kappa shape index (κ1) is 22.0. The van der Waals surface area contributed by atoms with E-state index in [1.54, 1.807) is 13.1 Å². The Labute approximate surface area is 188 Å². The number of amides is 1. The highest BCUT2D eigenvalue weighted by atomic mass is 16.2. The van der Waals surface area contributed by atoms with Gasteiger partial charge in [0, 0.05) is 49.4 Å². The van der Waals surface area contributed by atoms with Gasteiger partial charge in [0.25, 0.3) is 0 Å². The number of nitrogens with zero attached hydrogens (tertiary/aromatic N) is 4. The third kappa shape index (κ3) is 4.24. The number of aromatic nitrogens is 3. The number of rotatable bonds is 5. The number of carbonyl (C=O) groups is 2. The summed E-state index contributed by atoms with van der Waals surface area (Å²) in [5.74, 6) is 0.118. The predicted octanol–water partition coefficient (Wildman–Crippen LogP) is 3.84. The normalized spacial score (nSPS) is 16.4. The lowest BCUT2D eigenvalue weighted by Gasteiger charge is -2.47. The van der Waals surface area contributed by atoms with Gasteiger partial charge in [-0.3, -0.25) is 4.79 Å². The number of hydrogen-bond donors (Lipinski definition) is 1. The average Bonchev–Trinajstić information content (AvgIpc) is 3.14. The van der Waals surface area contributed by atoms with Crippen LogP contribution in [0.5, 0.6) is 0 Å². The van der Waals surface area contributed by atoms with Crippen LogP contribution in [0.4, 0.5) is 5.69 Å². The highest BCUT2D eigenvalue weighted by molar-refractivity contribution is 5.79. The van der Waals surface area contributed by atoms with Crippen molar-refractivity contribution in [1.29, 1.82) is 0 Å². The molecule has 0 spiro atoms. The van der Waals surface area contributed by atoms with Crippen LogP contribution in [0.15, 0.2) is 36.7 Å². The molecule has 7 heteroatoms. The summed E-state index contributed by atoms with van der Waals surface area (Å²) in [6.45, 7) is 12.0. The van der Waals surface area contributed by atoms with Crippen molar-refractivity contribution in [2.45, 2.75) is 46.6 Å². The zero-order chi connectivity index (χ0) is 23.1. The van der Waals surface area contributed by atoms with Gasteiger partial charge in [0.2, 0.25) is 5.91 Å². The molecule has 1 amide bonds. The van der Waals surface area contributed by atoms with Crippen molar-refractivity contribution >= 4 is 29.0 Å². The van der Waals surface area contributed by atoms with Crippen LogP contribution in [0, 0.1) is 5.41 Å². The summed E-state index contributed by atoms with van der Waals surface area (Å²) in [6.07, 6.45) is 5.26. The summed E-state index contributed by atoms with van der Waals surface area (Å²) in [5, 5.41) is 0. The van der Waals surface area contributed by atoms with Crippen LogP contribution < -0.4 is 4.90 Å². The van der Waals surface area contributed by atoms with Crippen molar-refractivity contribution in [3.05, 3.63) is 42.2 Å². The first-order valence-electron chi connectivity index (χ1n) is 11.0. The fraction of sp³-hybridized carbons (Fsp3) is 0.440. The molecule has 1 N–H and O–H groups in total. The van der Waals surface area contributed by atoms with E-state index in [1.807, 2.05) is 37.1 Å². The molecule has 32 heavy (non-hydrogen) atoms. The molecule has 0 unspecified atom stereocenters. The maximum Gasteiger partial charge on any atom is 0.220 e. The fourth-order valence-corrected chi connectivity index (χ4v) is 4.57. The van der Waals surface area contributed by atoms with E-state index in [0.717, 1.165) is 53.0 Å². The van der Waals surface area contributed by atoms with E-state index < -0.39 is 5.41 Å². The van der Waals surface area contributed by atoms with E-state index in [2.05, 4.69) is 40.8 Å². The Kier molecular flexibility index (Phi) is 5.53. The summed E-state index contributed by atoms with van der Waals surface area (Å²) in [7, 11) is 0. The van der Waals surface area contributed by atoms with E-state index in [-0.39, 0.29) is 11.4 Å². The molecule has 1 aliphatic heterocycles. The van der Waals surface area contributed by atoms with Gasteiger partial charge in [0.05, 0.1) is 17.4 Å². The van der Waals surface area contributed by atoms with Crippen molar-refractivity contribution in [2.24, 2.45) is 5.41 Å². The van der Waals surface area contributed by atoms with Crippen LogP contribution in [0.3, 0.4) is 0 Å². The second-order valence-electron chi connectivity index (χ2n) is 10.0. The predicted molar refractivity (Wildman–Crippen MR) is 127 cm³/mol. The summed E-state index contributed by atoms with van der Waals surface area (Å²) in [6, 6.07) is 8.31. The number of benzene rings is 1. The summed E-state index contributed by atoms with van der Waals surface area (Å²) >= 11 is 0. The molecular formula is C25H31N5O2. The molecular weight excluding hydrogens is 402 g/mol. The van der Waals surface area contributed by atoms with Gasteiger partial charge in [0.15, 0.2) is 5.65 Å². The highest BCUT2D eigenvalue weighted by Crippen LogP contribution is 2.30. The Morgan fingerprint density at radius 1 is 1.28 bits per heavy atom. The number of aldehydes is 1. The second-order valence-corrected chi connectivity index (χ2v) is 10.0. The molecule has 0 aliphatic carbocycles. The van der Waals surface area contributed by atoms with Crippen molar-refractivity contribution in [2.75, 3.05) is 24.5 Å². The van der Waals surface area contributed by atoms with E-state index >= 15 is 0 Å². The molecule has 0 saturated carbocycles. The van der Waals surface area contributed by atoms with E-state index in [9.17, 15) is 9.59 Å². The molecule has 1 saturated heterocycles. The maximum absolute atomic E-state index is 12.0. The first-order chi connectivity index (χ1) is 15.1. The lowest BCUT2D eigenvalue weighted by atomic mass is 9.88. The molecule has 168 valence electrons. The van der Waals surface area contributed by atoms with Crippen molar-refractivity contribution in [3.63, 3.8) is 0 Å². The van der Waals surface area contributed by atoms with Crippen LogP contribution in [-0.2, 0) is 16.0 Å². The molecule has 3 aromatic rings. The molecule has 1 aromatic carbocycles. The quantitative estimate of drug-likeness (QED) is 0.618. The van der Waals surface area contributed by atoms with Gasteiger partial charge < -0.3 is 19.6 Å². The number of nitrogens with one attached hydrogen (secondary N) is 1. The molecule has 1 aliphatic rings. The highest BCUT2D eigenvalue weighted by Gasteiger charge is 2.35. The minimum Gasteiger partial charge on any atom is -0.367 e. The lowest BCUT2D eigenvalue weighted by molar-refractivity contribution is -0.134. The van der Waals surface area contributed by atoms with Gasteiger partial charge in [-0.25, -0.2) is 9.97 Å². The van der Waals surface area contributed by atoms with Crippen molar-refractivity contribution in [3.8, 4) is 11.3 Å². The maximum atomic E-state index is 12.0.